The summed E-state index contributed by atoms with van der Waals surface area (Å²) in [5, 5.41) is 0. The highest BCUT2D eigenvalue weighted by atomic mass is 19.4. The molecule has 0 aliphatic rings. The Morgan fingerprint density at radius 3 is 2.65 bits per heavy atom. The standard InChI is InChI=1S/C12H9F3O2/c1-17-11-8-10(12(13,14)15)6-5-9(11)4-2-3-7-16/h5-8H,3H2,1H3. The van der Waals surface area contributed by atoms with E-state index in [1.807, 2.05) is 0 Å². The molecule has 0 aliphatic carbocycles. The van der Waals surface area contributed by atoms with Crippen LogP contribution in [0.3, 0.4) is 0 Å². The van der Waals surface area contributed by atoms with Gasteiger partial charge in [0.15, 0.2) is 0 Å². The van der Waals surface area contributed by atoms with Crippen molar-refractivity contribution in [3.8, 4) is 17.6 Å². The number of halogens is 3. The highest BCUT2D eigenvalue weighted by Crippen LogP contribution is 2.32. The van der Waals surface area contributed by atoms with Gasteiger partial charge in [-0.1, -0.05) is 11.8 Å². The third kappa shape index (κ3) is 3.52. The summed E-state index contributed by atoms with van der Waals surface area (Å²) in [6.45, 7) is 0. The average molecular weight is 242 g/mol. The SMILES string of the molecule is COc1cc(C(F)(F)F)ccc1C#CCC=O. The van der Waals surface area contributed by atoms with Gasteiger partial charge in [0.2, 0.25) is 0 Å². The minimum atomic E-state index is -4.41. The van der Waals surface area contributed by atoms with Gasteiger partial charge in [0.25, 0.3) is 0 Å². The minimum Gasteiger partial charge on any atom is -0.495 e. The summed E-state index contributed by atoms with van der Waals surface area (Å²) in [6.07, 6.45) is -3.77. The lowest BCUT2D eigenvalue weighted by Crippen LogP contribution is -2.05. The maximum Gasteiger partial charge on any atom is 0.416 e. The number of hydrogen-bond acceptors (Lipinski definition) is 2. The zero-order valence-electron chi connectivity index (χ0n) is 8.97. The van der Waals surface area contributed by atoms with E-state index in [0.717, 1.165) is 12.1 Å². The predicted molar refractivity (Wildman–Crippen MR) is 55.6 cm³/mol. The highest BCUT2D eigenvalue weighted by Gasteiger charge is 2.31. The number of ether oxygens (including phenoxy) is 1. The first kappa shape index (κ1) is 13.1. The number of carbonyl (C=O) groups is 1. The normalized spacial score (nSPS) is 10.4. The second-order valence-electron chi connectivity index (χ2n) is 3.09. The monoisotopic (exact) mass is 242 g/mol. The third-order valence-electron chi connectivity index (χ3n) is 1.94. The van der Waals surface area contributed by atoms with Crippen molar-refractivity contribution in [2.24, 2.45) is 0 Å². The third-order valence-corrected chi connectivity index (χ3v) is 1.94. The number of alkyl halides is 3. The molecule has 1 aromatic rings. The molecule has 0 saturated heterocycles. The van der Waals surface area contributed by atoms with Crippen LogP contribution in [0.1, 0.15) is 17.5 Å². The van der Waals surface area contributed by atoms with Crippen LogP contribution in [0.15, 0.2) is 18.2 Å². The Balaban J connectivity index is 3.11. The summed E-state index contributed by atoms with van der Waals surface area (Å²) in [4.78, 5) is 10.1. The van der Waals surface area contributed by atoms with Crippen molar-refractivity contribution in [1.82, 2.24) is 0 Å². The summed E-state index contributed by atoms with van der Waals surface area (Å²) >= 11 is 0. The summed E-state index contributed by atoms with van der Waals surface area (Å²) in [6, 6.07) is 3.03. The van der Waals surface area contributed by atoms with Gasteiger partial charge in [0.05, 0.1) is 24.7 Å². The van der Waals surface area contributed by atoms with Crippen molar-refractivity contribution < 1.29 is 22.7 Å². The van der Waals surface area contributed by atoms with Gasteiger partial charge < -0.3 is 9.53 Å². The van der Waals surface area contributed by atoms with E-state index in [4.69, 9.17) is 4.74 Å². The topological polar surface area (TPSA) is 26.3 Å². The van der Waals surface area contributed by atoms with E-state index < -0.39 is 11.7 Å². The second kappa shape index (κ2) is 5.39. The van der Waals surface area contributed by atoms with Crippen LogP contribution < -0.4 is 4.74 Å². The van der Waals surface area contributed by atoms with E-state index in [9.17, 15) is 18.0 Å². The molecule has 1 aromatic carbocycles. The first-order valence-corrected chi connectivity index (χ1v) is 4.66. The molecule has 0 spiro atoms. The summed E-state index contributed by atoms with van der Waals surface area (Å²) in [7, 11) is 1.26. The fourth-order valence-corrected chi connectivity index (χ4v) is 1.16. The van der Waals surface area contributed by atoms with Gasteiger partial charge in [-0.15, -0.1) is 0 Å². The van der Waals surface area contributed by atoms with Crippen molar-refractivity contribution >= 4 is 6.29 Å². The van der Waals surface area contributed by atoms with E-state index >= 15 is 0 Å². The Bertz CT molecular complexity index is 467. The van der Waals surface area contributed by atoms with Crippen LogP contribution in [-0.4, -0.2) is 13.4 Å². The average Bonchev–Trinajstić information content (AvgIpc) is 2.28. The van der Waals surface area contributed by atoms with Crippen molar-refractivity contribution in [2.45, 2.75) is 12.6 Å². The Morgan fingerprint density at radius 2 is 2.12 bits per heavy atom. The van der Waals surface area contributed by atoms with Crippen LogP contribution in [0.4, 0.5) is 13.2 Å². The molecule has 5 heteroatoms. The Hall–Kier alpha value is -1.96. The molecule has 0 bridgehead atoms. The Labute approximate surface area is 96.4 Å². The van der Waals surface area contributed by atoms with Crippen LogP contribution >= 0.6 is 0 Å². The van der Waals surface area contributed by atoms with Crippen LogP contribution in [0.5, 0.6) is 5.75 Å². The van der Waals surface area contributed by atoms with Crippen LogP contribution in [0.25, 0.3) is 0 Å². The van der Waals surface area contributed by atoms with Crippen molar-refractivity contribution in [2.75, 3.05) is 7.11 Å². The first-order valence-electron chi connectivity index (χ1n) is 4.66. The lowest BCUT2D eigenvalue weighted by Gasteiger charge is -2.09. The Morgan fingerprint density at radius 1 is 1.41 bits per heavy atom. The van der Waals surface area contributed by atoms with Crippen LogP contribution in [0.2, 0.25) is 0 Å². The zero-order valence-corrected chi connectivity index (χ0v) is 8.97. The lowest BCUT2D eigenvalue weighted by molar-refractivity contribution is -0.137. The number of hydrogen-bond donors (Lipinski definition) is 0. The summed E-state index contributed by atoms with van der Waals surface area (Å²) < 4.78 is 42.0. The molecule has 0 atom stereocenters. The number of methoxy groups -OCH3 is 1. The fourth-order valence-electron chi connectivity index (χ4n) is 1.16. The number of benzene rings is 1. The van der Waals surface area contributed by atoms with E-state index in [1.165, 1.54) is 13.2 Å². The molecular formula is C12H9F3O2. The molecule has 90 valence electrons. The molecule has 17 heavy (non-hydrogen) atoms. The van der Waals surface area contributed by atoms with Gasteiger partial charge in [-0.25, -0.2) is 0 Å². The van der Waals surface area contributed by atoms with E-state index in [0.29, 0.717) is 11.8 Å². The quantitative estimate of drug-likeness (QED) is 0.588. The van der Waals surface area contributed by atoms with Gasteiger partial charge in [0, 0.05) is 0 Å². The molecule has 0 aromatic heterocycles. The lowest BCUT2D eigenvalue weighted by atomic mass is 10.1. The van der Waals surface area contributed by atoms with Crippen molar-refractivity contribution in [1.29, 1.82) is 0 Å². The van der Waals surface area contributed by atoms with Gasteiger partial charge in [-0.2, -0.15) is 13.2 Å². The molecule has 0 aliphatic heterocycles. The van der Waals surface area contributed by atoms with Gasteiger partial charge in [-0.05, 0) is 18.2 Å². The zero-order chi connectivity index (χ0) is 12.9. The van der Waals surface area contributed by atoms with Crippen molar-refractivity contribution in [3.63, 3.8) is 0 Å². The maximum absolute atomic E-state index is 12.4. The second-order valence-corrected chi connectivity index (χ2v) is 3.09. The molecule has 1 rings (SSSR count). The Kier molecular flexibility index (Phi) is 4.16. The molecule has 0 N–H and O–H groups in total. The van der Waals surface area contributed by atoms with Crippen molar-refractivity contribution in [3.05, 3.63) is 29.3 Å². The minimum absolute atomic E-state index is 0.0319. The molecule has 0 amide bonds. The van der Waals surface area contributed by atoms with E-state index in [1.54, 1.807) is 0 Å². The summed E-state index contributed by atoms with van der Waals surface area (Å²) in [5.41, 5.74) is -0.474. The van der Waals surface area contributed by atoms with Gasteiger partial charge >= 0.3 is 6.18 Å². The largest absolute Gasteiger partial charge is 0.495 e. The summed E-state index contributed by atoms with van der Waals surface area (Å²) in [5.74, 6) is 5.12. The van der Waals surface area contributed by atoms with Gasteiger partial charge in [0.1, 0.15) is 12.0 Å². The van der Waals surface area contributed by atoms with Crippen LogP contribution in [0, 0.1) is 11.8 Å². The maximum atomic E-state index is 12.4. The number of carbonyl (C=O) groups excluding carboxylic acids is 1. The molecule has 0 unspecified atom stereocenters. The smallest absolute Gasteiger partial charge is 0.416 e. The molecule has 2 nitrogen and oxygen atoms in total. The molecule has 0 saturated carbocycles. The molecular weight excluding hydrogens is 233 g/mol. The highest BCUT2D eigenvalue weighted by molar-refractivity contribution is 5.56. The molecule has 0 radical (unpaired) electrons. The van der Waals surface area contributed by atoms with Crippen LogP contribution in [-0.2, 0) is 11.0 Å². The predicted octanol–water partition coefficient (Wildman–Crippen LogP) is 2.65. The number of aldehydes is 1. The fraction of sp³-hybridized carbons (Fsp3) is 0.250. The van der Waals surface area contributed by atoms with E-state index in [-0.39, 0.29) is 12.2 Å². The van der Waals surface area contributed by atoms with E-state index in [2.05, 4.69) is 11.8 Å². The number of rotatable bonds is 2. The molecule has 0 heterocycles. The first-order chi connectivity index (χ1) is 7.99. The molecule has 0 fully saturated rings. The van der Waals surface area contributed by atoms with Gasteiger partial charge in [-0.3, -0.25) is 0 Å².